The van der Waals surface area contributed by atoms with E-state index in [1.807, 2.05) is 29.2 Å². The maximum absolute atomic E-state index is 12.9. The molecule has 1 fully saturated rings. The monoisotopic (exact) mass is 419 g/mol. The molecule has 1 spiro atoms. The molecule has 2 heterocycles. The topological polar surface area (TPSA) is 53.9 Å². The number of nitrogens with one attached hydrogen (secondary N) is 1. The normalized spacial score (nSPS) is 17.9. The standard InChI is InChI=1S/C26H33N3O2/c1-25(2,3)22-11-7-8-12-23(22)27-24(30)29-17-15-26(16-18-29)19-21(28-31-26)14-13-20-9-5-4-6-10-20/h4-12H,13-19H2,1-3H3,(H,27,30). The Balaban J connectivity index is 1.29. The number of amides is 2. The summed E-state index contributed by atoms with van der Waals surface area (Å²) in [6, 6.07) is 18.5. The van der Waals surface area contributed by atoms with Gasteiger partial charge in [0, 0.05) is 38.0 Å². The zero-order valence-corrected chi connectivity index (χ0v) is 18.9. The van der Waals surface area contributed by atoms with Crippen molar-refractivity contribution in [1.29, 1.82) is 0 Å². The van der Waals surface area contributed by atoms with Gasteiger partial charge in [-0.1, -0.05) is 74.5 Å². The maximum Gasteiger partial charge on any atom is 0.321 e. The van der Waals surface area contributed by atoms with Gasteiger partial charge in [-0.05, 0) is 35.4 Å². The first-order chi connectivity index (χ1) is 14.8. The number of para-hydroxylation sites is 1. The number of hydrogen-bond donors (Lipinski definition) is 1. The second-order valence-corrected chi connectivity index (χ2v) is 9.81. The highest BCUT2D eigenvalue weighted by Gasteiger charge is 2.42. The minimum absolute atomic E-state index is 0.0268. The van der Waals surface area contributed by atoms with Gasteiger partial charge in [-0.2, -0.15) is 0 Å². The predicted molar refractivity (Wildman–Crippen MR) is 126 cm³/mol. The molecule has 0 bridgehead atoms. The van der Waals surface area contributed by atoms with Crippen molar-refractivity contribution in [1.82, 2.24) is 4.90 Å². The van der Waals surface area contributed by atoms with E-state index in [0.29, 0.717) is 13.1 Å². The third-order valence-corrected chi connectivity index (χ3v) is 6.38. The highest BCUT2D eigenvalue weighted by atomic mass is 16.7. The highest BCUT2D eigenvalue weighted by Crippen LogP contribution is 2.36. The Bertz CT molecular complexity index is 939. The molecular weight excluding hydrogens is 386 g/mol. The fraction of sp³-hybridized carbons (Fsp3) is 0.462. The summed E-state index contributed by atoms with van der Waals surface area (Å²) < 4.78 is 0. The molecule has 5 nitrogen and oxygen atoms in total. The van der Waals surface area contributed by atoms with Crippen LogP contribution in [0.15, 0.2) is 59.8 Å². The van der Waals surface area contributed by atoms with E-state index in [1.165, 1.54) is 5.56 Å². The first kappa shape index (κ1) is 21.4. The Labute approximate surface area is 185 Å². The second kappa shape index (κ2) is 8.74. The van der Waals surface area contributed by atoms with Gasteiger partial charge in [-0.15, -0.1) is 0 Å². The van der Waals surface area contributed by atoms with Crippen molar-refractivity contribution in [3.8, 4) is 0 Å². The molecule has 0 radical (unpaired) electrons. The van der Waals surface area contributed by atoms with Gasteiger partial charge in [0.05, 0.1) is 5.71 Å². The summed E-state index contributed by atoms with van der Waals surface area (Å²) in [6.07, 6.45) is 4.43. The molecule has 1 N–H and O–H groups in total. The van der Waals surface area contributed by atoms with E-state index in [2.05, 4.69) is 61.6 Å². The van der Waals surface area contributed by atoms with E-state index in [4.69, 9.17) is 4.84 Å². The number of nitrogens with zero attached hydrogens (tertiary/aromatic N) is 2. The molecule has 2 aromatic rings. The molecule has 4 rings (SSSR count). The van der Waals surface area contributed by atoms with Crippen molar-refractivity contribution in [2.45, 2.75) is 63.9 Å². The molecular formula is C26H33N3O2. The van der Waals surface area contributed by atoms with Gasteiger partial charge in [-0.3, -0.25) is 0 Å². The number of aryl methyl sites for hydroxylation is 1. The number of carbonyl (C=O) groups excluding carboxylic acids is 1. The van der Waals surface area contributed by atoms with Crippen LogP contribution in [-0.2, 0) is 16.7 Å². The minimum Gasteiger partial charge on any atom is -0.389 e. The Morgan fingerprint density at radius 2 is 1.71 bits per heavy atom. The van der Waals surface area contributed by atoms with E-state index in [0.717, 1.165) is 49.1 Å². The number of carbonyl (C=O) groups is 1. The summed E-state index contributed by atoms with van der Waals surface area (Å²) in [5.74, 6) is 0. The summed E-state index contributed by atoms with van der Waals surface area (Å²) in [6.45, 7) is 7.86. The molecule has 2 aliphatic rings. The molecule has 5 heteroatoms. The van der Waals surface area contributed by atoms with Gasteiger partial charge >= 0.3 is 6.03 Å². The molecule has 0 aromatic heterocycles. The molecule has 2 amide bonds. The SMILES string of the molecule is CC(C)(C)c1ccccc1NC(=O)N1CCC2(CC1)CC(CCc1ccccc1)=NO2. The van der Waals surface area contributed by atoms with Gasteiger partial charge in [0.25, 0.3) is 0 Å². The van der Waals surface area contributed by atoms with Crippen LogP contribution < -0.4 is 5.32 Å². The van der Waals surface area contributed by atoms with E-state index in [-0.39, 0.29) is 17.0 Å². The lowest BCUT2D eigenvalue weighted by atomic mass is 9.85. The minimum atomic E-state index is -0.230. The third kappa shape index (κ3) is 5.09. The first-order valence-electron chi connectivity index (χ1n) is 11.3. The van der Waals surface area contributed by atoms with Crippen molar-refractivity contribution >= 4 is 17.4 Å². The lowest BCUT2D eigenvalue weighted by Gasteiger charge is -2.37. The molecule has 164 valence electrons. The summed E-state index contributed by atoms with van der Waals surface area (Å²) in [5.41, 5.74) is 4.25. The van der Waals surface area contributed by atoms with Gasteiger partial charge in [0.15, 0.2) is 0 Å². The Morgan fingerprint density at radius 3 is 2.42 bits per heavy atom. The number of hydrogen-bond acceptors (Lipinski definition) is 3. The number of anilines is 1. The van der Waals surface area contributed by atoms with Crippen molar-refractivity contribution in [2.75, 3.05) is 18.4 Å². The van der Waals surface area contributed by atoms with Crippen LogP contribution in [0, 0.1) is 0 Å². The Hall–Kier alpha value is -2.82. The number of piperidine rings is 1. The van der Waals surface area contributed by atoms with Crippen LogP contribution in [0.4, 0.5) is 10.5 Å². The number of oxime groups is 1. The summed E-state index contributed by atoms with van der Waals surface area (Å²) in [5, 5.41) is 7.53. The highest BCUT2D eigenvalue weighted by molar-refractivity contribution is 5.90. The van der Waals surface area contributed by atoms with Crippen LogP contribution in [0.25, 0.3) is 0 Å². The zero-order chi connectivity index (χ0) is 21.9. The average Bonchev–Trinajstić information content (AvgIpc) is 3.15. The molecule has 2 aliphatic heterocycles. The number of benzene rings is 2. The Kier molecular flexibility index (Phi) is 6.03. The molecule has 0 saturated carbocycles. The first-order valence-corrected chi connectivity index (χ1v) is 11.3. The largest absolute Gasteiger partial charge is 0.389 e. The van der Waals surface area contributed by atoms with Gasteiger partial charge in [0.2, 0.25) is 0 Å². The summed E-state index contributed by atoms with van der Waals surface area (Å²) >= 11 is 0. The smallest absolute Gasteiger partial charge is 0.321 e. The molecule has 2 aromatic carbocycles. The fourth-order valence-corrected chi connectivity index (χ4v) is 4.49. The van der Waals surface area contributed by atoms with Gasteiger partial charge in [0.1, 0.15) is 5.60 Å². The fourth-order valence-electron chi connectivity index (χ4n) is 4.49. The molecule has 1 saturated heterocycles. The van der Waals surface area contributed by atoms with Crippen LogP contribution in [0.3, 0.4) is 0 Å². The third-order valence-electron chi connectivity index (χ3n) is 6.38. The lowest BCUT2D eigenvalue weighted by molar-refractivity contribution is -0.0544. The number of urea groups is 1. The maximum atomic E-state index is 12.9. The van der Waals surface area contributed by atoms with E-state index in [9.17, 15) is 4.79 Å². The van der Waals surface area contributed by atoms with Crippen LogP contribution in [0.5, 0.6) is 0 Å². The quantitative estimate of drug-likeness (QED) is 0.685. The van der Waals surface area contributed by atoms with Crippen LogP contribution >= 0.6 is 0 Å². The van der Waals surface area contributed by atoms with Crippen molar-refractivity contribution in [2.24, 2.45) is 5.16 Å². The second-order valence-electron chi connectivity index (χ2n) is 9.81. The van der Waals surface area contributed by atoms with Crippen LogP contribution in [-0.4, -0.2) is 35.3 Å². The van der Waals surface area contributed by atoms with E-state index < -0.39 is 0 Å². The molecule has 0 aliphatic carbocycles. The molecule has 0 atom stereocenters. The average molecular weight is 420 g/mol. The van der Waals surface area contributed by atoms with Crippen molar-refractivity contribution in [3.05, 3.63) is 65.7 Å². The zero-order valence-electron chi connectivity index (χ0n) is 18.9. The van der Waals surface area contributed by atoms with Crippen LogP contribution in [0.1, 0.15) is 57.6 Å². The van der Waals surface area contributed by atoms with E-state index >= 15 is 0 Å². The van der Waals surface area contributed by atoms with Crippen molar-refractivity contribution < 1.29 is 9.63 Å². The predicted octanol–water partition coefficient (Wildman–Crippen LogP) is 5.76. The van der Waals surface area contributed by atoms with Gasteiger partial charge < -0.3 is 15.1 Å². The van der Waals surface area contributed by atoms with Crippen molar-refractivity contribution in [3.63, 3.8) is 0 Å². The Morgan fingerprint density at radius 1 is 1.03 bits per heavy atom. The number of likely N-dealkylation sites (tertiary alicyclic amines) is 1. The van der Waals surface area contributed by atoms with E-state index in [1.54, 1.807) is 0 Å². The number of rotatable bonds is 4. The summed E-state index contributed by atoms with van der Waals surface area (Å²) in [4.78, 5) is 20.7. The molecule has 31 heavy (non-hydrogen) atoms. The molecule has 0 unspecified atom stereocenters. The lowest BCUT2D eigenvalue weighted by Crippen LogP contribution is -2.48. The summed E-state index contributed by atoms with van der Waals surface area (Å²) in [7, 11) is 0. The van der Waals surface area contributed by atoms with Gasteiger partial charge in [-0.25, -0.2) is 4.79 Å². The van der Waals surface area contributed by atoms with Crippen LogP contribution in [0.2, 0.25) is 0 Å².